The monoisotopic (exact) mass is 321 g/mol. The summed E-state index contributed by atoms with van der Waals surface area (Å²) < 4.78 is 6.73. The van der Waals surface area contributed by atoms with Crippen LogP contribution >= 0.6 is 11.6 Å². The Morgan fingerprint density at radius 1 is 1.41 bits per heavy atom. The average molecular weight is 322 g/mol. The van der Waals surface area contributed by atoms with Crippen LogP contribution in [0.25, 0.3) is 11.0 Å². The fourth-order valence-corrected chi connectivity index (χ4v) is 3.50. The Balaban J connectivity index is 2.31. The largest absolute Gasteiger partial charge is 0.467 e. The van der Waals surface area contributed by atoms with Crippen molar-refractivity contribution in [1.82, 2.24) is 14.5 Å². The number of nitrogens with zero attached hydrogens (tertiary/aromatic N) is 3. The van der Waals surface area contributed by atoms with E-state index >= 15 is 0 Å². The van der Waals surface area contributed by atoms with Gasteiger partial charge in [0.2, 0.25) is 5.28 Å². The summed E-state index contributed by atoms with van der Waals surface area (Å²) in [5.74, 6) is -0.345. The van der Waals surface area contributed by atoms with Gasteiger partial charge in [0.15, 0.2) is 6.29 Å². The van der Waals surface area contributed by atoms with E-state index < -0.39 is 5.54 Å². The molecule has 116 valence electrons. The molecule has 3 rings (SSSR count). The van der Waals surface area contributed by atoms with Crippen molar-refractivity contribution < 1.29 is 14.3 Å². The molecule has 7 heteroatoms. The maximum absolute atomic E-state index is 12.5. The molecule has 2 aromatic heterocycles. The minimum absolute atomic E-state index is 0.0834. The Kier molecular flexibility index (Phi) is 3.87. The molecule has 22 heavy (non-hydrogen) atoms. The molecule has 0 N–H and O–H groups in total. The number of hydrogen-bond acceptors (Lipinski definition) is 5. The third-order valence-electron chi connectivity index (χ3n) is 4.33. The van der Waals surface area contributed by atoms with E-state index in [4.69, 9.17) is 16.3 Å². The number of carbonyl (C=O) groups excluding carboxylic acids is 2. The van der Waals surface area contributed by atoms with Gasteiger partial charge in [0.1, 0.15) is 11.2 Å². The minimum atomic E-state index is -0.900. The van der Waals surface area contributed by atoms with Crippen LogP contribution in [0.3, 0.4) is 0 Å². The lowest BCUT2D eigenvalue weighted by atomic mass is 9.81. The molecule has 0 atom stereocenters. The Labute approximate surface area is 132 Å². The Hall–Kier alpha value is -1.95. The quantitative estimate of drug-likeness (QED) is 0.493. The number of carbonyl (C=O) groups is 2. The zero-order chi connectivity index (χ0) is 15.7. The zero-order valence-corrected chi connectivity index (χ0v) is 13.0. The lowest BCUT2D eigenvalue weighted by molar-refractivity contribution is -0.153. The highest BCUT2D eigenvalue weighted by atomic mass is 35.5. The predicted molar refractivity (Wildman–Crippen MR) is 81.0 cm³/mol. The molecular formula is C15H16ClN3O3. The van der Waals surface area contributed by atoms with Gasteiger partial charge in [-0.1, -0.05) is 19.3 Å². The number of aromatic nitrogens is 3. The van der Waals surface area contributed by atoms with Crippen LogP contribution in [-0.2, 0) is 15.1 Å². The van der Waals surface area contributed by atoms with Crippen molar-refractivity contribution in [3.63, 3.8) is 0 Å². The second-order valence-corrected chi connectivity index (χ2v) is 5.86. The Bertz CT molecular complexity index is 735. The summed E-state index contributed by atoms with van der Waals surface area (Å²) in [5.41, 5.74) is -0.0175. The summed E-state index contributed by atoms with van der Waals surface area (Å²) >= 11 is 5.90. The van der Waals surface area contributed by atoms with Crippen molar-refractivity contribution in [1.29, 1.82) is 0 Å². The molecular weight excluding hydrogens is 306 g/mol. The summed E-state index contributed by atoms with van der Waals surface area (Å²) in [6.07, 6.45) is 6.37. The first kappa shape index (κ1) is 15.0. The van der Waals surface area contributed by atoms with E-state index in [0.717, 1.165) is 25.5 Å². The summed E-state index contributed by atoms with van der Waals surface area (Å²) in [7, 11) is 1.37. The van der Waals surface area contributed by atoms with Crippen molar-refractivity contribution in [3.8, 4) is 0 Å². The molecule has 0 amide bonds. The number of halogens is 1. The molecule has 0 saturated heterocycles. The van der Waals surface area contributed by atoms with Gasteiger partial charge >= 0.3 is 5.97 Å². The molecule has 2 heterocycles. The molecule has 0 aliphatic heterocycles. The van der Waals surface area contributed by atoms with Crippen LogP contribution in [0, 0.1) is 0 Å². The van der Waals surface area contributed by atoms with Crippen LogP contribution < -0.4 is 0 Å². The second kappa shape index (κ2) is 5.68. The summed E-state index contributed by atoms with van der Waals surface area (Å²) in [4.78, 5) is 32.2. The first-order valence-electron chi connectivity index (χ1n) is 7.20. The van der Waals surface area contributed by atoms with E-state index in [1.165, 1.54) is 7.11 Å². The normalized spacial score (nSPS) is 17.4. The van der Waals surface area contributed by atoms with Gasteiger partial charge < -0.3 is 9.30 Å². The molecule has 1 fully saturated rings. The summed E-state index contributed by atoms with van der Waals surface area (Å²) in [6, 6.07) is 1.68. The maximum Gasteiger partial charge on any atom is 0.332 e. The van der Waals surface area contributed by atoms with Crippen molar-refractivity contribution in [3.05, 3.63) is 23.2 Å². The summed E-state index contributed by atoms with van der Waals surface area (Å²) in [6.45, 7) is 0. The molecule has 2 aromatic rings. The predicted octanol–water partition coefficient (Wildman–Crippen LogP) is 2.73. The molecule has 0 aromatic carbocycles. The molecule has 0 spiro atoms. The lowest BCUT2D eigenvalue weighted by Gasteiger charge is -2.37. The molecule has 0 bridgehead atoms. The fraction of sp³-hybridized carbons (Fsp3) is 0.467. The van der Waals surface area contributed by atoms with Gasteiger partial charge in [-0.15, -0.1) is 0 Å². The van der Waals surface area contributed by atoms with Crippen LogP contribution in [0.4, 0.5) is 0 Å². The smallest absolute Gasteiger partial charge is 0.332 e. The highest BCUT2D eigenvalue weighted by molar-refractivity contribution is 6.28. The van der Waals surface area contributed by atoms with Crippen molar-refractivity contribution in [2.24, 2.45) is 0 Å². The highest BCUT2D eigenvalue weighted by Crippen LogP contribution is 2.39. The van der Waals surface area contributed by atoms with Gasteiger partial charge in [-0.3, -0.25) is 4.79 Å². The Morgan fingerprint density at radius 3 is 2.77 bits per heavy atom. The number of esters is 1. The van der Waals surface area contributed by atoms with Gasteiger partial charge in [0, 0.05) is 11.6 Å². The fourth-order valence-electron chi connectivity index (χ4n) is 3.37. The molecule has 1 saturated carbocycles. The van der Waals surface area contributed by atoms with E-state index in [9.17, 15) is 9.59 Å². The third-order valence-corrected chi connectivity index (χ3v) is 4.52. The van der Waals surface area contributed by atoms with E-state index in [1.54, 1.807) is 16.8 Å². The van der Waals surface area contributed by atoms with E-state index in [2.05, 4.69) is 9.97 Å². The third kappa shape index (κ3) is 2.18. The van der Waals surface area contributed by atoms with Gasteiger partial charge in [0.05, 0.1) is 12.8 Å². The van der Waals surface area contributed by atoms with Gasteiger partial charge in [-0.2, -0.15) is 4.98 Å². The van der Waals surface area contributed by atoms with Crippen LogP contribution in [0.1, 0.15) is 42.6 Å². The number of methoxy groups -OCH3 is 1. The SMILES string of the molecule is COC(=O)C1(n2c(C=O)cc3cnc(Cl)nc32)CCCCC1. The molecule has 1 aliphatic rings. The number of hydrogen-bond donors (Lipinski definition) is 0. The maximum atomic E-state index is 12.5. The highest BCUT2D eigenvalue weighted by Gasteiger charge is 2.44. The number of fused-ring (bicyclic) bond motifs is 1. The van der Waals surface area contributed by atoms with E-state index in [-0.39, 0.29) is 11.3 Å². The molecule has 0 radical (unpaired) electrons. The first-order chi connectivity index (χ1) is 10.6. The van der Waals surface area contributed by atoms with Gasteiger partial charge in [0.25, 0.3) is 0 Å². The van der Waals surface area contributed by atoms with Gasteiger partial charge in [-0.25, -0.2) is 9.78 Å². The van der Waals surface area contributed by atoms with E-state index in [1.807, 2.05) is 0 Å². The lowest BCUT2D eigenvalue weighted by Crippen LogP contribution is -2.45. The van der Waals surface area contributed by atoms with Crippen LogP contribution in [0.2, 0.25) is 5.28 Å². The minimum Gasteiger partial charge on any atom is -0.467 e. The standard InChI is InChI=1S/C15H16ClN3O3/c1-22-13(21)15(5-3-2-4-6-15)19-11(9-20)7-10-8-17-14(16)18-12(10)19/h7-9H,2-6H2,1H3. The van der Waals surface area contributed by atoms with E-state index in [0.29, 0.717) is 29.6 Å². The van der Waals surface area contributed by atoms with Crippen LogP contribution in [0.5, 0.6) is 0 Å². The van der Waals surface area contributed by atoms with Crippen molar-refractivity contribution in [2.45, 2.75) is 37.6 Å². The molecule has 0 unspecified atom stereocenters. The first-order valence-corrected chi connectivity index (χ1v) is 7.58. The molecule has 1 aliphatic carbocycles. The zero-order valence-electron chi connectivity index (χ0n) is 12.2. The van der Waals surface area contributed by atoms with Crippen molar-refractivity contribution in [2.75, 3.05) is 7.11 Å². The topological polar surface area (TPSA) is 74.1 Å². The second-order valence-electron chi connectivity index (χ2n) is 5.52. The molecule has 6 nitrogen and oxygen atoms in total. The average Bonchev–Trinajstić information content (AvgIpc) is 2.92. The van der Waals surface area contributed by atoms with Crippen molar-refractivity contribution >= 4 is 34.9 Å². The van der Waals surface area contributed by atoms with Crippen LogP contribution in [-0.4, -0.2) is 33.9 Å². The summed E-state index contributed by atoms with van der Waals surface area (Å²) in [5, 5.41) is 0.764. The number of ether oxygens (including phenoxy) is 1. The number of aldehydes is 1. The van der Waals surface area contributed by atoms with Crippen LogP contribution in [0.15, 0.2) is 12.3 Å². The van der Waals surface area contributed by atoms with Gasteiger partial charge in [-0.05, 0) is 30.5 Å². The Morgan fingerprint density at radius 2 is 2.14 bits per heavy atom. The number of rotatable bonds is 3.